The lowest BCUT2D eigenvalue weighted by molar-refractivity contribution is 0.349. The molecule has 4 heteroatoms. The van der Waals surface area contributed by atoms with Gasteiger partial charge in [0.15, 0.2) is 0 Å². The predicted molar refractivity (Wildman–Crippen MR) is 70.5 cm³/mol. The van der Waals surface area contributed by atoms with Crippen LogP contribution in [-0.2, 0) is 0 Å². The molecule has 3 nitrogen and oxygen atoms in total. The minimum absolute atomic E-state index is 0.449. The summed E-state index contributed by atoms with van der Waals surface area (Å²) in [5.41, 5.74) is 7.06. The van der Waals surface area contributed by atoms with Gasteiger partial charge < -0.3 is 10.6 Å². The maximum atomic E-state index is 5.89. The minimum atomic E-state index is 0.449. The van der Waals surface area contributed by atoms with Gasteiger partial charge in [0.2, 0.25) is 0 Å². The summed E-state index contributed by atoms with van der Waals surface area (Å²) in [5, 5.41) is 0. The highest BCUT2D eigenvalue weighted by Gasteiger charge is 2.27. The maximum Gasteiger partial charge on any atom is 0.0567 e. The zero-order valence-electron chi connectivity index (χ0n) is 9.56. The smallest absolute Gasteiger partial charge is 0.0567 e. The van der Waals surface area contributed by atoms with Crippen LogP contribution < -0.4 is 10.6 Å². The highest BCUT2D eigenvalue weighted by molar-refractivity contribution is 9.10. The number of pyridine rings is 1. The van der Waals surface area contributed by atoms with Gasteiger partial charge in [0.1, 0.15) is 0 Å². The Morgan fingerprint density at radius 3 is 3.06 bits per heavy atom. The van der Waals surface area contributed by atoms with Gasteiger partial charge in [-0.15, -0.1) is 0 Å². The van der Waals surface area contributed by atoms with Gasteiger partial charge in [-0.25, -0.2) is 0 Å². The molecule has 1 aliphatic heterocycles. The van der Waals surface area contributed by atoms with Gasteiger partial charge in [0, 0.05) is 29.8 Å². The molecular weight excluding hydrogens is 266 g/mol. The van der Waals surface area contributed by atoms with Gasteiger partial charge in [-0.3, -0.25) is 4.98 Å². The van der Waals surface area contributed by atoms with Crippen LogP contribution >= 0.6 is 15.9 Å². The molecular formula is C12H18BrN3. The van der Waals surface area contributed by atoms with Crippen molar-refractivity contribution in [3.63, 3.8) is 0 Å². The second kappa shape index (κ2) is 5.15. The lowest BCUT2D eigenvalue weighted by Gasteiger charge is -2.41. The highest BCUT2D eigenvalue weighted by atomic mass is 79.9. The van der Waals surface area contributed by atoms with Crippen molar-refractivity contribution in [2.75, 3.05) is 18.0 Å². The van der Waals surface area contributed by atoms with E-state index in [0.717, 1.165) is 11.0 Å². The Balaban J connectivity index is 2.24. The summed E-state index contributed by atoms with van der Waals surface area (Å²) in [7, 11) is 0. The summed E-state index contributed by atoms with van der Waals surface area (Å²) in [6.45, 7) is 4.09. The normalized spacial score (nSPS) is 25.8. The maximum absolute atomic E-state index is 5.89. The zero-order chi connectivity index (χ0) is 11.5. The van der Waals surface area contributed by atoms with Crippen LogP contribution in [0.5, 0.6) is 0 Å². The third-order valence-corrected chi connectivity index (χ3v) is 3.81. The number of anilines is 1. The van der Waals surface area contributed by atoms with Crippen molar-refractivity contribution >= 4 is 21.6 Å². The third kappa shape index (κ3) is 2.38. The van der Waals surface area contributed by atoms with Crippen molar-refractivity contribution in [2.24, 2.45) is 11.7 Å². The number of nitrogens with zero attached hydrogens (tertiary/aromatic N) is 2. The lowest BCUT2D eigenvalue weighted by Crippen LogP contribution is -2.48. The van der Waals surface area contributed by atoms with Crippen LogP contribution in [0.3, 0.4) is 0 Å². The third-order valence-electron chi connectivity index (χ3n) is 3.38. The summed E-state index contributed by atoms with van der Waals surface area (Å²) in [4.78, 5) is 6.62. The van der Waals surface area contributed by atoms with Crippen molar-refractivity contribution in [1.82, 2.24) is 4.98 Å². The predicted octanol–water partition coefficient (Wildman–Crippen LogP) is 2.41. The largest absolute Gasteiger partial charge is 0.366 e. The van der Waals surface area contributed by atoms with Gasteiger partial charge in [0.05, 0.1) is 11.9 Å². The first-order valence-corrected chi connectivity index (χ1v) is 6.59. The van der Waals surface area contributed by atoms with Crippen molar-refractivity contribution < 1.29 is 0 Å². The molecule has 2 rings (SSSR count). The van der Waals surface area contributed by atoms with E-state index < -0.39 is 0 Å². The molecule has 2 atom stereocenters. The molecule has 0 saturated carbocycles. The van der Waals surface area contributed by atoms with Crippen molar-refractivity contribution in [3.8, 4) is 0 Å². The first kappa shape index (κ1) is 11.9. The molecule has 0 spiro atoms. The average molecular weight is 284 g/mol. The van der Waals surface area contributed by atoms with Crippen molar-refractivity contribution in [2.45, 2.75) is 25.8 Å². The van der Waals surface area contributed by atoms with E-state index in [1.54, 1.807) is 0 Å². The summed E-state index contributed by atoms with van der Waals surface area (Å²) in [5.74, 6) is 0.665. The van der Waals surface area contributed by atoms with Gasteiger partial charge in [-0.2, -0.15) is 0 Å². The van der Waals surface area contributed by atoms with Gasteiger partial charge in [-0.1, -0.05) is 6.92 Å². The number of hydrogen-bond donors (Lipinski definition) is 1. The summed E-state index contributed by atoms with van der Waals surface area (Å²) in [6, 6.07) is 2.57. The van der Waals surface area contributed by atoms with Gasteiger partial charge in [0.25, 0.3) is 0 Å². The lowest BCUT2D eigenvalue weighted by atomic mass is 9.90. The van der Waals surface area contributed by atoms with E-state index >= 15 is 0 Å². The van der Waals surface area contributed by atoms with E-state index in [0.29, 0.717) is 18.5 Å². The van der Waals surface area contributed by atoms with Crippen LogP contribution in [0, 0.1) is 5.92 Å². The van der Waals surface area contributed by atoms with E-state index in [-0.39, 0.29) is 0 Å². The average Bonchev–Trinajstić information content (AvgIpc) is 2.28. The van der Waals surface area contributed by atoms with E-state index in [1.807, 2.05) is 12.4 Å². The SMILES string of the molecule is CC1CCCN(c2cncc(Br)c2)C1CN. The van der Waals surface area contributed by atoms with Crippen LogP contribution in [0.2, 0.25) is 0 Å². The highest BCUT2D eigenvalue weighted by Crippen LogP contribution is 2.28. The van der Waals surface area contributed by atoms with E-state index in [9.17, 15) is 0 Å². The number of rotatable bonds is 2. The second-order valence-corrected chi connectivity index (χ2v) is 5.39. The monoisotopic (exact) mass is 283 g/mol. The molecule has 0 radical (unpaired) electrons. The number of hydrogen-bond acceptors (Lipinski definition) is 3. The molecule has 88 valence electrons. The Morgan fingerprint density at radius 1 is 1.56 bits per heavy atom. The Morgan fingerprint density at radius 2 is 2.38 bits per heavy atom. The molecule has 2 N–H and O–H groups in total. The Bertz CT molecular complexity index is 356. The van der Waals surface area contributed by atoms with Crippen LogP contribution in [0.15, 0.2) is 22.9 Å². The van der Waals surface area contributed by atoms with E-state index in [1.165, 1.54) is 18.5 Å². The van der Waals surface area contributed by atoms with E-state index in [4.69, 9.17) is 5.73 Å². The summed E-state index contributed by atoms with van der Waals surface area (Å²) < 4.78 is 1.03. The first-order valence-electron chi connectivity index (χ1n) is 5.79. The van der Waals surface area contributed by atoms with Crippen molar-refractivity contribution in [3.05, 3.63) is 22.9 Å². The van der Waals surface area contributed by atoms with Crippen LogP contribution in [0.25, 0.3) is 0 Å². The fraction of sp³-hybridized carbons (Fsp3) is 0.583. The number of aromatic nitrogens is 1. The second-order valence-electron chi connectivity index (χ2n) is 4.48. The number of nitrogens with two attached hydrogens (primary N) is 1. The Kier molecular flexibility index (Phi) is 3.82. The molecule has 2 heterocycles. The molecule has 0 amide bonds. The topological polar surface area (TPSA) is 42.2 Å². The molecule has 1 fully saturated rings. The van der Waals surface area contributed by atoms with Crippen LogP contribution in [0.4, 0.5) is 5.69 Å². The molecule has 0 aromatic carbocycles. The quantitative estimate of drug-likeness (QED) is 0.906. The van der Waals surface area contributed by atoms with E-state index in [2.05, 4.69) is 38.8 Å². The molecule has 2 unspecified atom stereocenters. The molecule has 16 heavy (non-hydrogen) atoms. The molecule has 0 bridgehead atoms. The minimum Gasteiger partial charge on any atom is -0.366 e. The van der Waals surface area contributed by atoms with Crippen molar-refractivity contribution in [1.29, 1.82) is 0 Å². The molecule has 1 aliphatic rings. The Hall–Kier alpha value is -0.610. The standard InChI is InChI=1S/C12H18BrN3/c1-9-3-2-4-16(12(9)6-14)11-5-10(13)7-15-8-11/h5,7-9,12H,2-4,6,14H2,1H3. The molecule has 1 aromatic rings. The fourth-order valence-corrected chi connectivity index (χ4v) is 2.84. The zero-order valence-corrected chi connectivity index (χ0v) is 11.2. The van der Waals surface area contributed by atoms with Crippen LogP contribution in [0.1, 0.15) is 19.8 Å². The molecule has 1 saturated heterocycles. The molecule has 0 aliphatic carbocycles. The fourth-order valence-electron chi connectivity index (χ4n) is 2.49. The first-order chi connectivity index (χ1) is 7.72. The van der Waals surface area contributed by atoms with Gasteiger partial charge in [-0.05, 0) is 40.8 Å². The molecule has 1 aromatic heterocycles. The summed E-state index contributed by atoms with van der Waals surface area (Å²) >= 11 is 3.47. The Labute approximate surface area is 105 Å². The summed E-state index contributed by atoms with van der Waals surface area (Å²) in [6.07, 6.45) is 6.25. The number of piperidine rings is 1. The van der Waals surface area contributed by atoms with Crippen LogP contribution in [-0.4, -0.2) is 24.1 Å². The van der Waals surface area contributed by atoms with Gasteiger partial charge >= 0.3 is 0 Å². The number of halogens is 1.